The maximum absolute atomic E-state index is 11.6. The second-order valence-electron chi connectivity index (χ2n) is 5.68. The lowest BCUT2D eigenvalue weighted by molar-refractivity contribution is -0.271. The van der Waals surface area contributed by atoms with E-state index in [-0.39, 0.29) is 24.5 Å². The van der Waals surface area contributed by atoms with Crippen molar-refractivity contribution in [1.82, 2.24) is 5.06 Å². The van der Waals surface area contributed by atoms with Crippen LogP contribution in [0, 0.1) is 11.8 Å². The molecule has 0 aromatic carbocycles. The van der Waals surface area contributed by atoms with Crippen LogP contribution < -0.4 is 0 Å². The van der Waals surface area contributed by atoms with Gasteiger partial charge in [0.15, 0.2) is 7.37 Å². The van der Waals surface area contributed by atoms with Gasteiger partial charge < -0.3 is 9.63 Å². The minimum atomic E-state index is -3.10. The third kappa shape index (κ3) is 9.61. The summed E-state index contributed by atoms with van der Waals surface area (Å²) in [5, 5.41) is 0.994. The van der Waals surface area contributed by atoms with Crippen molar-refractivity contribution in [2.75, 3.05) is 19.4 Å². The summed E-state index contributed by atoms with van der Waals surface area (Å²) in [4.78, 5) is 37.1. The third-order valence-electron chi connectivity index (χ3n) is 2.56. The molecule has 0 aromatic rings. The SMILES string of the molecule is CC(C)C(=O)OC(ON(C=O)CCCP(C)(=O)O)C(C)C. The van der Waals surface area contributed by atoms with E-state index in [4.69, 9.17) is 9.57 Å². The van der Waals surface area contributed by atoms with Crippen LogP contribution in [-0.4, -0.2) is 48.0 Å². The molecule has 124 valence electrons. The van der Waals surface area contributed by atoms with Crippen LogP contribution in [-0.2, 0) is 23.7 Å². The fraction of sp³-hybridized carbons (Fsp3) is 0.846. The Labute approximate surface area is 126 Å². The molecule has 0 aromatic heterocycles. The van der Waals surface area contributed by atoms with Crippen molar-refractivity contribution < 1.29 is 28.6 Å². The van der Waals surface area contributed by atoms with E-state index in [2.05, 4.69) is 0 Å². The van der Waals surface area contributed by atoms with Crippen LogP contribution in [0.1, 0.15) is 34.1 Å². The van der Waals surface area contributed by atoms with E-state index in [1.807, 2.05) is 0 Å². The zero-order valence-electron chi connectivity index (χ0n) is 13.3. The summed E-state index contributed by atoms with van der Waals surface area (Å²) in [7, 11) is -3.10. The molecular weight excluding hydrogens is 297 g/mol. The van der Waals surface area contributed by atoms with Gasteiger partial charge in [-0.1, -0.05) is 27.7 Å². The predicted octanol–water partition coefficient (Wildman–Crippen LogP) is 1.85. The molecule has 0 radical (unpaired) electrons. The lowest BCUT2D eigenvalue weighted by Gasteiger charge is -2.27. The highest BCUT2D eigenvalue weighted by Gasteiger charge is 2.24. The molecule has 0 fully saturated rings. The average molecular weight is 323 g/mol. The smallest absolute Gasteiger partial charge is 0.310 e. The van der Waals surface area contributed by atoms with Gasteiger partial charge in [-0.2, -0.15) is 0 Å². The number of hydroxylamine groups is 2. The van der Waals surface area contributed by atoms with Gasteiger partial charge in [-0.15, -0.1) is 0 Å². The van der Waals surface area contributed by atoms with Gasteiger partial charge in [0.1, 0.15) is 0 Å². The van der Waals surface area contributed by atoms with Crippen molar-refractivity contribution in [2.24, 2.45) is 11.8 Å². The minimum Gasteiger partial charge on any atom is -0.433 e. The molecule has 2 unspecified atom stereocenters. The Balaban J connectivity index is 4.48. The molecule has 0 saturated heterocycles. The number of carbonyl (C=O) groups is 2. The largest absolute Gasteiger partial charge is 0.433 e. The molecule has 0 aliphatic carbocycles. The van der Waals surface area contributed by atoms with Gasteiger partial charge in [-0.25, -0.2) is 9.90 Å². The number of hydrogen-bond acceptors (Lipinski definition) is 5. The van der Waals surface area contributed by atoms with Crippen molar-refractivity contribution in [3.8, 4) is 0 Å². The van der Waals surface area contributed by atoms with Gasteiger partial charge in [0.2, 0.25) is 12.7 Å². The summed E-state index contributed by atoms with van der Waals surface area (Å²) < 4.78 is 16.4. The van der Waals surface area contributed by atoms with Gasteiger partial charge in [-0.05, 0) is 6.42 Å². The van der Waals surface area contributed by atoms with E-state index in [1.165, 1.54) is 6.66 Å². The summed E-state index contributed by atoms with van der Waals surface area (Å²) in [6, 6.07) is 0. The van der Waals surface area contributed by atoms with Crippen LogP contribution in [0.5, 0.6) is 0 Å². The molecule has 1 amide bonds. The van der Waals surface area contributed by atoms with E-state index in [0.717, 1.165) is 5.06 Å². The Kier molecular flexibility index (Phi) is 8.78. The fourth-order valence-electron chi connectivity index (χ4n) is 1.31. The summed E-state index contributed by atoms with van der Waals surface area (Å²) in [5.41, 5.74) is 0. The Morgan fingerprint density at radius 1 is 1.33 bits per heavy atom. The monoisotopic (exact) mass is 323 g/mol. The van der Waals surface area contributed by atoms with E-state index >= 15 is 0 Å². The lowest BCUT2D eigenvalue weighted by atomic mass is 10.2. The molecule has 1 N–H and O–H groups in total. The summed E-state index contributed by atoms with van der Waals surface area (Å²) in [6.07, 6.45) is 0.0223. The molecule has 21 heavy (non-hydrogen) atoms. The first-order valence-corrected chi connectivity index (χ1v) is 9.24. The van der Waals surface area contributed by atoms with Crippen LogP contribution in [0.2, 0.25) is 0 Å². The van der Waals surface area contributed by atoms with Crippen molar-refractivity contribution in [3.05, 3.63) is 0 Å². The van der Waals surface area contributed by atoms with Gasteiger partial charge in [-0.3, -0.25) is 14.2 Å². The second-order valence-corrected chi connectivity index (χ2v) is 8.23. The Morgan fingerprint density at radius 2 is 1.90 bits per heavy atom. The second kappa shape index (κ2) is 9.18. The van der Waals surface area contributed by atoms with E-state index in [9.17, 15) is 19.0 Å². The van der Waals surface area contributed by atoms with Crippen LogP contribution in [0.25, 0.3) is 0 Å². The van der Waals surface area contributed by atoms with Gasteiger partial charge in [0.25, 0.3) is 0 Å². The highest BCUT2D eigenvalue weighted by atomic mass is 31.2. The van der Waals surface area contributed by atoms with E-state index in [1.54, 1.807) is 27.7 Å². The number of hydrogen-bond donors (Lipinski definition) is 1. The molecule has 2 atom stereocenters. The summed E-state index contributed by atoms with van der Waals surface area (Å²) >= 11 is 0. The van der Waals surface area contributed by atoms with E-state index in [0.29, 0.717) is 12.8 Å². The first-order valence-electron chi connectivity index (χ1n) is 6.95. The van der Waals surface area contributed by atoms with Crippen LogP contribution in [0.4, 0.5) is 0 Å². The molecule has 0 spiro atoms. The predicted molar refractivity (Wildman–Crippen MR) is 78.6 cm³/mol. The van der Waals surface area contributed by atoms with Crippen LogP contribution in [0.3, 0.4) is 0 Å². The molecule has 7 nitrogen and oxygen atoms in total. The number of nitrogens with zero attached hydrogens (tertiary/aromatic N) is 1. The highest BCUT2D eigenvalue weighted by Crippen LogP contribution is 2.35. The fourth-order valence-corrected chi connectivity index (χ4v) is 2.04. The zero-order valence-corrected chi connectivity index (χ0v) is 14.2. The van der Waals surface area contributed by atoms with Crippen molar-refractivity contribution in [3.63, 3.8) is 0 Å². The first-order chi connectivity index (χ1) is 9.56. The van der Waals surface area contributed by atoms with Gasteiger partial charge in [0, 0.05) is 25.3 Å². The Bertz CT molecular complexity index is 379. The van der Waals surface area contributed by atoms with Crippen molar-refractivity contribution in [1.29, 1.82) is 0 Å². The standard InChI is InChI=1S/C13H26NO6P/c1-10(2)12(16)19-13(11(3)4)20-14(9-15)7-6-8-21(5,17)18/h9-11,13H,6-8H2,1-5H3,(H,17,18). The highest BCUT2D eigenvalue weighted by molar-refractivity contribution is 7.57. The normalized spacial score (nSPS) is 15.6. The zero-order chi connectivity index (χ0) is 16.6. The van der Waals surface area contributed by atoms with Crippen LogP contribution >= 0.6 is 7.37 Å². The quantitative estimate of drug-likeness (QED) is 0.217. The van der Waals surface area contributed by atoms with Crippen LogP contribution in [0.15, 0.2) is 0 Å². The average Bonchev–Trinajstić information content (AvgIpc) is 2.34. The molecule has 0 bridgehead atoms. The Morgan fingerprint density at radius 3 is 2.29 bits per heavy atom. The summed E-state index contributed by atoms with van der Waals surface area (Å²) in [6.45, 7) is 8.43. The number of carbonyl (C=O) groups excluding carboxylic acids is 2. The number of ether oxygens (including phenoxy) is 1. The maximum atomic E-state index is 11.6. The van der Waals surface area contributed by atoms with Gasteiger partial charge in [0.05, 0.1) is 5.92 Å². The summed E-state index contributed by atoms with van der Waals surface area (Å²) in [5.74, 6) is -0.835. The Hall–Kier alpha value is -0.910. The number of amides is 1. The molecule has 0 heterocycles. The molecule has 0 aliphatic rings. The molecule has 8 heteroatoms. The maximum Gasteiger partial charge on any atom is 0.310 e. The lowest BCUT2D eigenvalue weighted by Crippen LogP contribution is -2.36. The van der Waals surface area contributed by atoms with Gasteiger partial charge >= 0.3 is 5.97 Å². The van der Waals surface area contributed by atoms with E-state index < -0.39 is 19.6 Å². The first kappa shape index (κ1) is 20.1. The topological polar surface area (TPSA) is 93.1 Å². The molecule has 0 aliphatic heterocycles. The number of rotatable bonds is 10. The third-order valence-corrected chi connectivity index (χ3v) is 3.70. The molecule has 0 saturated carbocycles. The molecule has 0 rings (SSSR count). The minimum absolute atomic E-state index is 0.0961. The number of esters is 1. The molecular formula is C13H26NO6P. The van der Waals surface area contributed by atoms with Crippen molar-refractivity contribution >= 4 is 19.7 Å². The van der Waals surface area contributed by atoms with Crippen molar-refractivity contribution in [2.45, 2.75) is 40.4 Å².